The summed E-state index contributed by atoms with van der Waals surface area (Å²) in [5, 5.41) is 0. The fourth-order valence-corrected chi connectivity index (χ4v) is 2.18. The quantitative estimate of drug-likeness (QED) is 0.451. The molecule has 0 spiro atoms. The summed E-state index contributed by atoms with van der Waals surface area (Å²) in [5.41, 5.74) is 8.22. The third-order valence-corrected chi connectivity index (χ3v) is 3.42. The number of nitrogens with two attached hydrogens (primary N) is 1. The molecular formula is C17H28IN3O2. The van der Waals surface area contributed by atoms with E-state index in [0.29, 0.717) is 19.1 Å². The number of ether oxygens (including phenoxy) is 2. The van der Waals surface area contributed by atoms with E-state index < -0.39 is 0 Å². The maximum Gasteiger partial charge on any atom is 0.191 e. The smallest absolute Gasteiger partial charge is 0.191 e. The van der Waals surface area contributed by atoms with Gasteiger partial charge in [-0.2, -0.15) is 0 Å². The van der Waals surface area contributed by atoms with Gasteiger partial charge in [-0.05, 0) is 31.9 Å². The normalized spacial score (nSPS) is 16.1. The van der Waals surface area contributed by atoms with Crippen LogP contribution in [0.15, 0.2) is 29.3 Å². The van der Waals surface area contributed by atoms with Crippen LogP contribution in [-0.2, 0) is 22.6 Å². The van der Waals surface area contributed by atoms with Crippen molar-refractivity contribution < 1.29 is 9.47 Å². The summed E-state index contributed by atoms with van der Waals surface area (Å²) in [5.74, 6) is 0.597. The Hall–Kier alpha value is -0.860. The molecule has 0 unspecified atom stereocenters. The lowest BCUT2D eigenvalue weighted by atomic mass is 10.1. The summed E-state index contributed by atoms with van der Waals surface area (Å²) < 4.78 is 11.1. The van der Waals surface area contributed by atoms with Crippen molar-refractivity contribution in [2.24, 2.45) is 10.7 Å². The van der Waals surface area contributed by atoms with Gasteiger partial charge in [-0.25, -0.2) is 4.99 Å². The second-order valence-electron chi connectivity index (χ2n) is 6.49. The highest BCUT2D eigenvalue weighted by Gasteiger charge is 2.12. The van der Waals surface area contributed by atoms with Crippen LogP contribution in [0.1, 0.15) is 31.9 Å². The van der Waals surface area contributed by atoms with Crippen molar-refractivity contribution >= 4 is 29.9 Å². The van der Waals surface area contributed by atoms with Crippen LogP contribution in [0.25, 0.3) is 0 Å². The van der Waals surface area contributed by atoms with Crippen LogP contribution < -0.4 is 5.73 Å². The summed E-state index contributed by atoms with van der Waals surface area (Å²) in [4.78, 5) is 6.56. The monoisotopic (exact) mass is 433 g/mol. The Morgan fingerprint density at radius 3 is 2.57 bits per heavy atom. The first kappa shape index (κ1) is 20.2. The van der Waals surface area contributed by atoms with Crippen molar-refractivity contribution in [1.29, 1.82) is 0 Å². The predicted molar refractivity (Wildman–Crippen MR) is 104 cm³/mol. The Morgan fingerprint density at radius 1 is 1.26 bits per heavy atom. The average Bonchev–Trinajstić information content (AvgIpc) is 2.51. The zero-order valence-corrected chi connectivity index (χ0v) is 16.6. The van der Waals surface area contributed by atoms with Crippen LogP contribution in [0.2, 0.25) is 0 Å². The van der Waals surface area contributed by atoms with E-state index >= 15 is 0 Å². The largest absolute Gasteiger partial charge is 0.378 e. The van der Waals surface area contributed by atoms with Crippen LogP contribution in [0, 0.1) is 0 Å². The number of nitrogens with zero attached hydrogens (tertiary/aromatic N) is 2. The number of rotatable bonds is 4. The van der Waals surface area contributed by atoms with Gasteiger partial charge in [0.05, 0.1) is 32.0 Å². The van der Waals surface area contributed by atoms with Gasteiger partial charge < -0.3 is 20.1 Å². The third kappa shape index (κ3) is 7.50. The second-order valence-corrected chi connectivity index (χ2v) is 6.49. The second kappa shape index (κ2) is 9.44. The maximum absolute atomic E-state index is 6.05. The van der Waals surface area contributed by atoms with Crippen LogP contribution >= 0.6 is 24.0 Å². The number of morpholine rings is 1. The molecule has 0 radical (unpaired) electrons. The van der Waals surface area contributed by atoms with Gasteiger partial charge in [-0.3, -0.25) is 0 Å². The van der Waals surface area contributed by atoms with E-state index in [-0.39, 0.29) is 29.6 Å². The molecule has 0 aliphatic carbocycles. The van der Waals surface area contributed by atoms with Crippen molar-refractivity contribution in [1.82, 2.24) is 4.90 Å². The molecule has 1 aromatic carbocycles. The van der Waals surface area contributed by atoms with Gasteiger partial charge >= 0.3 is 0 Å². The van der Waals surface area contributed by atoms with Crippen molar-refractivity contribution in [3.63, 3.8) is 0 Å². The van der Waals surface area contributed by atoms with Gasteiger partial charge in [0.1, 0.15) is 0 Å². The molecule has 1 saturated heterocycles. The number of aliphatic imine (C=N–C) groups is 1. The van der Waals surface area contributed by atoms with E-state index in [9.17, 15) is 0 Å². The Kier molecular flexibility index (Phi) is 8.28. The molecule has 1 aromatic rings. The van der Waals surface area contributed by atoms with Crippen LogP contribution in [0.3, 0.4) is 0 Å². The van der Waals surface area contributed by atoms with Crippen molar-refractivity contribution in [3.8, 4) is 0 Å². The van der Waals surface area contributed by atoms with Crippen molar-refractivity contribution in [2.75, 3.05) is 26.3 Å². The number of hydrogen-bond donors (Lipinski definition) is 1. The van der Waals surface area contributed by atoms with E-state index in [0.717, 1.165) is 37.4 Å². The highest BCUT2D eigenvalue weighted by Crippen LogP contribution is 2.13. The first-order valence-corrected chi connectivity index (χ1v) is 7.78. The molecule has 23 heavy (non-hydrogen) atoms. The Bertz CT molecular complexity index is 509. The molecule has 0 bridgehead atoms. The van der Waals surface area contributed by atoms with Crippen LogP contribution in [-0.4, -0.2) is 42.8 Å². The van der Waals surface area contributed by atoms with Gasteiger partial charge in [0.2, 0.25) is 0 Å². The summed E-state index contributed by atoms with van der Waals surface area (Å²) in [6.07, 6.45) is 0. The van der Waals surface area contributed by atoms with E-state index in [1.54, 1.807) is 0 Å². The standard InChI is InChI=1S/C17H27N3O2.HI/c1-17(2,3)22-13-15-6-4-5-14(11-15)12-19-16(18)20-7-9-21-10-8-20;/h4-6,11H,7-10,12-13H2,1-3H3,(H2,18,19);1H. The average molecular weight is 433 g/mol. The molecule has 0 atom stereocenters. The summed E-state index contributed by atoms with van der Waals surface area (Å²) in [7, 11) is 0. The molecule has 6 heteroatoms. The van der Waals surface area contributed by atoms with Gasteiger partial charge in [0.25, 0.3) is 0 Å². The van der Waals surface area contributed by atoms with Crippen LogP contribution in [0.4, 0.5) is 0 Å². The van der Waals surface area contributed by atoms with E-state index in [1.165, 1.54) is 0 Å². The number of halogens is 1. The first-order valence-electron chi connectivity index (χ1n) is 7.78. The summed E-state index contributed by atoms with van der Waals surface area (Å²) >= 11 is 0. The van der Waals surface area contributed by atoms with Gasteiger partial charge in [0.15, 0.2) is 5.96 Å². The third-order valence-electron chi connectivity index (χ3n) is 3.42. The van der Waals surface area contributed by atoms with E-state index in [2.05, 4.69) is 48.9 Å². The molecule has 0 amide bonds. The molecule has 2 N–H and O–H groups in total. The van der Waals surface area contributed by atoms with E-state index in [4.69, 9.17) is 15.2 Å². The number of benzene rings is 1. The fraction of sp³-hybridized carbons (Fsp3) is 0.588. The fourth-order valence-electron chi connectivity index (χ4n) is 2.18. The summed E-state index contributed by atoms with van der Waals surface area (Å²) in [6, 6.07) is 8.31. The topological polar surface area (TPSA) is 60.1 Å². The summed E-state index contributed by atoms with van der Waals surface area (Å²) in [6.45, 7) is 10.4. The molecule has 130 valence electrons. The van der Waals surface area contributed by atoms with E-state index in [1.807, 2.05) is 6.07 Å². The lowest BCUT2D eigenvalue weighted by molar-refractivity contribution is -0.0149. The first-order chi connectivity index (χ1) is 10.4. The maximum atomic E-state index is 6.05. The molecule has 1 fully saturated rings. The highest BCUT2D eigenvalue weighted by atomic mass is 127. The van der Waals surface area contributed by atoms with Crippen LogP contribution in [0.5, 0.6) is 0 Å². The Labute approximate surface area is 156 Å². The lowest BCUT2D eigenvalue weighted by Crippen LogP contribution is -2.44. The minimum absolute atomic E-state index is 0. The minimum atomic E-state index is -0.130. The van der Waals surface area contributed by atoms with Gasteiger partial charge in [-0.1, -0.05) is 24.3 Å². The lowest BCUT2D eigenvalue weighted by Gasteiger charge is -2.27. The molecular weight excluding hydrogens is 405 g/mol. The zero-order chi connectivity index (χ0) is 16.0. The van der Waals surface area contributed by atoms with Gasteiger partial charge in [-0.15, -0.1) is 24.0 Å². The molecule has 2 rings (SSSR count). The number of guanidine groups is 1. The molecule has 0 aromatic heterocycles. The van der Waals surface area contributed by atoms with Crippen molar-refractivity contribution in [2.45, 2.75) is 39.5 Å². The number of hydrogen-bond acceptors (Lipinski definition) is 3. The molecule has 1 aliphatic heterocycles. The van der Waals surface area contributed by atoms with Crippen molar-refractivity contribution in [3.05, 3.63) is 35.4 Å². The molecule has 1 aliphatic rings. The predicted octanol–water partition coefficient (Wildman–Crippen LogP) is 2.77. The Balaban J connectivity index is 0.00000264. The SMILES string of the molecule is CC(C)(C)OCc1cccc(CN=C(N)N2CCOCC2)c1.I. The molecule has 1 heterocycles. The minimum Gasteiger partial charge on any atom is -0.378 e. The zero-order valence-electron chi connectivity index (χ0n) is 14.2. The Morgan fingerprint density at radius 2 is 1.91 bits per heavy atom. The highest BCUT2D eigenvalue weighted by molar-refractivity contribution is 14.0. The molecule has 5 nitrogen and oxygen atoms in total. The van der Waals surface area contributed by atoms with Gasteiger partial charge in [0, 0.05) is 13.1 Å². The molecule has 0 saturated carbocycles.